The Labute approximate surface area is 121 Å². The number of rotatable bonds is 8. The van der Waals surface area contributed by atoms with Gasteiger partial charge in [-0.1, -0.05) is 44.4 Å². The van der Waals surface area contributed by atoms with E-state index >= 15 is 0 Å². The van der Waals surface area contributed by atoms with Crippen LogP contribution in [0.25, 0.3) is 0 Å². The van der Waals surface area contributed by atoms with Crippen molar-refractivity contribution in [1.82, 2.24) is 5.32 Å². The van der Waals surface area contributed by atoms with E-state index < -0.39 is 0 Å². The van der Waals surface area contributed by atoms with Crippen molar-refractivity contribution in [1.29, 1.82) is 0 Å². The molecule has 0 heterocycles. The second-order valence-corrected chi connectivity index (χ2v) is 4.85. The Hall–Kier alpha value is -1.96. The molecule has 20 heavy (non-hydrogen) atoms. The lowest BCUT2D eigenvalue weighted by Gasteiger charge is -2.07. The smallest absolute Gasteiger partial charge is 0.119 e. The average molecular weight is 268 g/mol. The summed E-state index contributed by atoms with van der Waals surface area (Å²) in [6.45, 7) is 3.02. The third-order valence-corrected chi connectivity index (χ3v) is 3.12. The van der Waals surface area contributed by atoms with Gasteiger partial charge >= 0.3 is 0 Å². The second-order valence-electron chi connectivity index (χ2n) is 4.85. The lowest BCUT2D eigenvalue weighted by Crippen LogP contribution is -1.97. The van der Waals surface area contributed by atoms with Crippen LogP contribution in [0.4, 0.5) is 11.4 Å². The van der Waals surface area contributed by atoms with Crippen molar-refractivity contribution in [2.75, 3.05) is 6.61 Å². The van der Waals surface area contributed by atoms with Crippen LogP contribution in [0, 0.1) is 0 Å². The zero-order chi connectivity index (χ0) is 14.0. The molecule has 2 aromatic carbocycles. The van der Waals surface area contributed by atoms with Crippen LogP contribution in [0.3, 0.4) is 0 Å². The first-order valence-corrected chi connectivity index (χ1v) is 7.38. The summed E-state index contributed by atoms with van der Waals surface area (Å²) in [6.07, 6.45) is 4.93. The number of ether oxygens (including phenoxy) is 1. The van der Waals surface area contributed by atoms with E-state index in [1.54, 1.807) is 0 Å². The van der Waals surface area contributed by atoms with Gasteiger partial charge in [0.05, 0.1) is 18.0 Å². The molecule has 2 nitrogen and oxygen atoms in total. The van der Waals surface area contributed by atoms with E-state index in [0.717, 1.165) is 30.2 Å². The molecule has 1 radical (unpaired) electrons. The van der Waals surface area contributed by atoms with Crippen molar-refractivity contribution in [3.63, 3.8) is 0 Å². The van der Waals surface area contributed by atoms with Gasteiger partial charge < -0.3 is 4.74 Å². The molecule has 0 unspecified atom stereocenters. The molecule has 2 rings (SSSR count). The summed E-state index contributed by atoms with van der Waals surface area (Å²) in [4.78, 5) is 0. The molecule has 2 heteroatoms. The van der Waals surface area contributed by atoms with Crippen molar-refractivity contribution in [2.24, 2.45) is 0 Å². The average Bonchev–Trinajstić information content (AvgIpc) is 2.50. The summed E-state index contributed by atoms with van der Waals surface area (Å²) in [6, 6.07) is 17.9. The fourth-order valence-electron chi connectivity index (χ4n) is 1.99. The summed E-state index contributed by atoms with van der Waals surface area (Å²) >= 11 is 0. The van der Waals surface area contributed by atoms with E-state index in [2.05, 4.69) is 12.2 Å². The summed E-state index contributed by atoms with van der Waals surface area (Å²) < 4.78 is 5.72. The molecule has 105 valence electrons. The van der Waals surface area contributed by atoms with Gasteiger partial charge in [-0.3, -0.25) is 0 Å². The topological polar surface area (TPSA) is 23.3 Å². The Morgan fingerprint density at radius 2 is 1.50 bits per heavy atom. The molecule has 0 N–H and O–H groups in total. The molecular formula is C18H22NO. The Balaban J connectivity index is 1.78. The molecule has 0 amide bonds. The van der Waals surface area contributed by atoms with Gasteiger partial charge in [0.15, 0.2) is 0 Å². The van der Waals surface area contributed by atoms with Crippen LogP contribution in [0.15, 0.2) is 54.6 Å². The van der Waals surface area contributed by atoms with Crippen LogP contribution in [-0.2, 0) is 0 Å². The quantitative estimate of drug-likeness (QED) is 0.602. The van der Waals surface area contributed by atoms with Gasteiger partial charge in [0.1, 0.15) is 5.75 Å². The Morgan fingerprint density at radius 1 is 0.800 bits per heavy atom. The fraction of sp³-hybridized carbons (Fsp3) is 0.333. The zero-order valence-corrected chi connectivity index (χ0v) is 12.1. The van der Waals surface area contributed by atoms with Crippen LogP contribution < -0.4 is 10.1 Å². The predicted molar refractivity (Wildman–Crippen MR) is 84.0 cm³/mol. The molecule has 0 aromatic heterocycles. The lowest BCUT2D eigenvalue weighted by molar-refractivity contribution is 0.305. The fourth-order valence-corrected chi connectivity index (χ4v) is 1.99. The third kappa shape index (κ3) is 4.96. The SMILES string of the molecule is CCCCCCOc1ccc([N]c2ccccc2)cc1. The maximum atomic E-state index is 5.72. The van der Waals surface area contributed by atoms with Crippen LogP contribution >= 0.6 is 0 Å². The molecule has 0 atom stereocenters. The number of unbranched alkanes of at least 4 members (excludes halogenated alkanes) is 3. The van der Waals surface area contributed by atoms with Gasteiger partial charge in [-0.05, 0) is 42.8 Å². The minimum absolute atomic E-state index is 0.801. The number of para-hydroxylation sites is 1. The van der Waals surface area contributed by atoms with Crippen molar-refractivity contribution < 1.29 is 4.74 Å². The minimum Gasteiger partial charge on any atom is -0.494 e. The molecule has 0 bridgehead atoms. The number of nitrogens with zero attached hydrogens (tertiary/aromatic N) is 1. The summed E-state index contributed by atoms with van der Waals surface area (Å²) in [5.41, 5.74) is 1.93. The number of hydrogen-bond donors (Lipinski definition) is 0. The molecular weight excluding hydrogens is 246 g/mol. The standard InChI is InChI=1S/C18H22NO/c1-2-3-4-8-15-20-18-13-11-17(12-14-18)19-16-9-6-5-7-10-16/h5-7,9-14H,2-4,8,15H2,1H3. The Morgan fingerprint density at radius 3 is 2.20 bits per heavy atom. The van der Waals surface area contributed by atoms with Gasteiger partial charge in [0.25, 0.3) is 0 Å². The minimum atomic E-state index is 0.801. The van der Waals surface area contributed by atoms with Crippen molar-refractivity contribution in [3.05, 3.63) is 54.6 Å². The highest BCUT2D eigenvalue weighted by Crippen LogP contribution is 2.20. The molecule has 0 aliphatic rings. The Bertz CT molecular complexity index is 479. The molecule has 0 saturated heterocycles. The highest BCUT2D eigenvalue weighted by molar-refractivity contribution is 5.49. The monoisotopic (exact) mass is 268 g/mol. The molecule has 0 aliphatic heterocycles. The van der Waals surface area contributed by atoms with Gasteiger partial charge in [-0.2, -0.15) is 0 Å². The first-order chi connectivity index (χ1) is 9.88. The second kappa shape index (κ2) is 8.26. The van der Waals surface area contributed by atoms with Crippen LogP contribution in [0.1, 0.15) is 32.6 Å². The largest absolute Gasteiger partial charge is 0.494 e. The maximum Gasteiger partial charge on any atom is 0.119 e. The zero-order valence-electron chi connectivity index (χ0n) is 12.1. The lowest BCUT2D eigenvalue weighted by atomic mass is 10.2. The normalized spacial score (nSPS) is 10.2. The van der Waals surface area contributed by atoms with E-state index in [9.17, 15) is 0 Å². The van der Waals surface area contributed by atoms with E-state index in [4.69, 9.17) is 4.74 Å². The molecule has 0 aliphatic carbocycles. The first kappa shape index (κ1) is 14.4. The van der Waals surface area contributed by atoms with Crippen molar-refractivity contribution in [2.45, 2.75) is 32.6 Å². The Kier molecular flexibility index (Phi) is 5.97. The number of benzene rings is 2. The van der Waals surface area contributed by atoms with Gasteiger partial charge in [0.2, 0.25) is 0 Å². The van der Waals surface area contributed by atoms with Gasteiger partial charge in [0, 0.05) is 0 Å². The van der Waals surface area contributed by atoms with Crippen LogP contribution in [-0.4, -0.2) is 6.61 Å². The maximum absolute atomic E-state index is 5.72. The third-order valence-electron chi connectivity index (χ3n) is 3.12. The van der Waals surface area contributed by atoms with E-state index in [1.165, 1.54) is 19.3 Å². The van der Waals surface area contributed by atoms with E-state index in [-0.39, 0.29) is 0 Å². The number of hydrogen-bond acceptors (Lipinski definition) is 1. The van der Waals surface area contributed by atoms with Gasteiger partial charge in [-0.15, -0.1) is 0 Å². The van der Waals surface area contributed by atoms with Crippen LogP contribution in [0.2, 0.25) is 0 Å². The van der Waals surface area contributed by atoms with E-state index in [0.29, 0.717) is 0 Å². The summed E-state index contributed by atoms with van der Waals surface area (Å²) in [5.74, 6) is 0.925. The summed E-state index contributed by atoms with van der Waals surface area (Å²) in [7, 11) is 0. The molecule has 2 aromatic rings. The van der Waals surface area contributed by atoms with Gasteiger partial charge in [-0.25, -0.2) is 5.32 Å². The van der Waals surface area contributed by atoms with Crippen LogP contribution in [0.5, 0.6) is 5.75 Å². The summed E-state index contributed by atoms with van der Waals surface area (Å²) in [5, 5.41) is 4.55. The predicted octanol–water partition coefficient (Wildman–Crippen LogP) is 5.21. The highest BCUT2D eigenvalue weighted by Gasteiger charge is 1.98. The van der Waals surface area contributed by atoms with E-state index in [1.807, 2.05) is 54.6 Å². The first-order valence-electron chi connectivity index (χ1n) is 7.38. The highest BCUT2D eigenvalue weighted by atomic mass is 16.5. The van der Waals surface area contributed by atoms with Crippen molar-refractivity contribution >= 4 is 11.4 Å². The molecule has 0 fully saturated rings. The molecule has 0 saturated carbocycles. The molecule has 0 spiro atoms. The van der Waals surface area contributed by atoms with Crippen molar-refractivity contribution in [3.8, 4) is 5.75 Å².